The standard InChI is InChI=1S/C12H11F3N4O2S/c13-12(14,15)8-3-1-2-7(4-8)9(20)5-16-10(21)18-11-19-17-6-22-11/h1-4,6,9,20H,5H2,(H2,16,18,19,21). The average Bonchev–Trinajstić information content (AvgIpc) is 2.97. The highest BCUT2D eigenvalue weighted by Gasteiger charge is 2.30. The highest BCUT2D eigenvalue weighted by molar-refractivity contribution is 7.13. The molecule has 118 valence electrons. The van der Waals surface area contributed by atoms with E-state index in [2.05, 4.69) is 20.8 Å². The molecular formula is C12H11F3N4O2S. The van der Waals surface area contributed by atoms with Crippen LogP contribution in [0.5, 0.6) is 0 Å². The molecule has 2 amide bonds. The Kier molecular flexibility index (Phi) is 4.93. The number of benzene rings is 1. The molecule has 0 bridgehead atoms. The number of anilines is 1. The van der Waals surface area contributed by atoms with Crippen molar-refractivity contribution >= 4 is 22.5 Å². The Bertz CT molecular complexity index is 634. The Morgan fingerprint density at radius 2 is 2.18 bits per heavy atom. The Labute approximate surface area is 127 Å². The average molecular weight is 332 g/mol. The highest BCUT2D eigenvalue weighted by Crippen LogP contribution is 2.30. The summed E-state index contributed by atoms with van der Waals surface area (Å²) in [5.74, 6) is 0. The minimum atomic E-state index is -4.49. The van der Waals surface area contributed by atoms with Gasteiger partial charge in [0, 0.05) is 6.54 Å². The van der Waals surface area contributed by atoms with Gasteiger partial charge in [-0.05, 0) is 17.7 Å². The smallest absolute Gasteiger partial charge is 0.387 e. The van der Waals surface area contributed by atoms with Gasteiger partial charge in [-0.2, -0.15) is 13.2 Å². The predicted molar refractivity (Wildman–Crippen MR) is 73.3 cm³/mol. The van der Waals surface area contributed by atoms with Crippen LogP contribution in [0.3, 0.4) is 0 Å². The van der Waals surface area contributed by atoms with Crippen LogP contribution >= 0.6 is 11.3 Å². The van der Waals surface area contributed by atoms with E-state index in [1.165, 1.54) is 17.6 Å². The lowest BCUT2D eigenvalue weighted by molar-refractivity contribution is -0.137. The third kappa shape index (κ3) is 4.40. The molecule has 0 spiro atoms. The van der Waals surface area contributed by atoms with Crippen LogP contribution in [0.4, 0.5) is 23.1 Å². The number of alkyl halides is 3. The summed E-state index contributed by atoms with van der Waals surface area (Å²) in [4.78, 5) is 11.5. The first kappa shape index (κ1) is 16.2. The van der Waals surface area contributed by atoms with Crippen molar-refractivity contribution in [1.29, 1.82) is 0 Å². The third-order valence-corrected chi connectivity index (χ3v) is 3.24. The summed E-state index contributed by atoms with van der Waals surface area (Å²) in [6, 6.07) is 3.66. The van der Waals surface area contributed by atoms with Crippen molar-refractivity contribution in [3.05, 3.63) is 40.9 Å². The molecule has 0 aliphatic rings. The number of nitrogens with one attached hydrogen (secondary N) is 2. The van der Waals surface area contributed by atoms with Gasteiger partial charge in [0.1, 0.15) is 5.51 Å². The van der Waals surface area contributed by atoms with Crippen molar-refractivity contribution in [3.63, 3.8) is 0 Å². The van der Waals surface area contributed by atoms with Crippen LogP contribution < -0.4 is 10.6 Å². The molecule has 10 heteroatoms. The van der Waals surface area contributed by atoms with Gasteiger partial charge in [-0.15, -0.1) is 10.2 Å². The van der Waals surface area contributed by atoms with Crippen molar-refractivity contribution in [2.24, 2.45) is 0 Å². The Morgan fingerprint density at radius 1 is 1.41 bits per heavy atom. The first-order valence-corrected chi connectivity index (χ1v) is 6.90. The van der Waals surface area contributed by atoms with E-state index in [4.69, 9.17) is 0 Å². The van der Waals surface area contributed by atoms with E-state index in [-0.39, 0.29) is 17.2 Å². The number of urea groups is 1. The van der Waals surface area contributed by atoms with Crippen molar-refractivity contribution in [2.75, 3.05) is 11.9 Å². The molecule has 1 heterocycles. The molecule has 2 aromatic rings. The monoisotopic (exact) mass is 332 g/mol. The summed E-state index contributed by atoms with van der Waals surface area (Å²) < 4.78 is 37.8. The van der Waals surface area contributed by atoms with Crippen LogP contribution in [-0.2, 0) is 6.18 Å². The fraction of sp³-hybridized carbons (Fsp3) is 0.250. The summed E-state index contributed by atoms with van der Waals surface area (Å²) in [5.41, 5.74) is 0.626. The number of aromatic nitrogens is 2. The number of amides is 2. The zero-order valence-electron chi connectivity index (χ0n) is 11.0. The number of halogens is 3. The summed E-state index contributed by atoms with van der Waals surface area (Å²) >= 11 is 1.10. The van der Waals surface area contributed by atoms with E-state index in [1.54, 1.807) is 0 Å². The third-order valence-electron chi connectivity index (χ3n) is 2.64. The van der Waals surface area contributed by atoms with Crippen LogP contribution in [0.1, 0.15) is 17.2 Å². The predicted octanol–water partition coefficient (Wildman–Crippen LogP) is 2.41. The first-order chi connectivity index (χ1) is 10.4. The number of nitrogens with zero attached hydrogens (tertiary/aromatic N) is 2. The van der Waals surface area contributed by atoms with Gasteiger partial charge in [0.2, 0.25) is 5.13 Å². The molecule has 0 saturated carbocycles. The highest BCUT2D eigenvalue weighted by atomic mass is 32.1. The Balaban J connectivity index is 1.92. The van der Waals surface area contributed by atoms with Crippen molar-refractivity contribution in [1.82, 2.24) is 15.5 Å². The first-order valence-electron chi connectivity index (χ1n) is 6.02. The molecule has 1 aromatic heterocycles. The lowest BCUT2D eigenvalue weighted by Gasteiger charge is -2.14. The fourth-order valence-electron chi connectivity index (χ4n) is 1.60. The number of hydrogen-bond acceptors (Lipinski definition) is 5. The van der Waals surface area contributed by atoms with E-state index >= 15 is 0 Å². The van der Waals surface area contributed by atoms with Gasteiger partial charge in [-0.25, -0.2) is 4.79 Å². The number of aliphatic hydroxyl groups is 1. The maximum absolute atomic E-state index is 12.6. The number of aliphatic hydroxyl groups excluding tert-OH is 1. The zero-order chi connectivity index (χ0) is 16.2. The normalized spacial score (nSPS) is 12.7. The van der Waals surface area contributed by atoms with Gasteiger partial charge in [0.15, 0.2) is 0 Å². The lowest BCUT2D eigenvalue weighted by atomic mass is 10.1. The second-order valence-electron chi connectivity index (χ2n) is 4.22. The zero-order valence-corrected chi connectivity index (χ0v) is 11.8. The summed E-state index contributed by atoms with van der Waals surface area (Å²) in [6.45, 7) is -0.244. The van der Waals surface area contributed by atoms with E-state index in [9.17, 15) is 23.1 Å². The fourth-order valence-corrected chi connectivity index (χ4v) is 2.04. The maximum Gasteiger partial charge on any atom is 0.416 e. The van der Waals surface area contributed by atoms with Crippen molar-refractivity contribution in [2.45, 2.75) is 12.3 Å². The molecule has 0 saturated heterocycles. The second kappa shape index (κ2) is 6.71. The van der Waals surface area contributed by atoms with E-state index in [1.807, 2.05) is 0 Å². The van der Waals surface area contributed by atoms with E-state index in [0.29, 0.717) is 0 Å². The summed E-state index contributed by atoms with van der Waals surface area (Å²) in [5, 5.41) is 21.9. The van der Waals surface area contributed by atoms with Crippen LogP contribution in [-0.4, -0.2) is 27.9 Å². The van der Waals surface area contributed by atoms with Crippen LogP contribution in [0.15, 0.2) is 29.8 Å². The van der Waals surface area contributed by atoms with Crippen molar-refractivity contribution in [3.8, 4) is 0 Å². The van der Waals surface area contributed by atoms with Gasteiger partial charge in [0.25, 0.3) is 0 Å². The molecule has 0 radical (unpaired) electrons. The quantitative estimate of drug-likeness (QED) is 0.802. The number of rotatable bonds is 4. The second-order valence-corrected chi connectivity index (χ2v) is 5.05. The van der Waals surface area contributed by atoms with Gasteiger partial charge in [0.05, 0.1) is 11.7 Å². The number of carbonyl (C=O) groups is 1. The number of hydrogen-bond donors (Lipinski definition) is 3. The Hall–Kier alpha value is -2.20. The molecule has 1 aromatic carbocycles. The summed E-state index contributed by atoms with van der Waals surface area (Å²) in [6.07, 6.45) is -5.75. The van der Waals surface area contributed by atoms with Gasteiger partial charge in [-0.3, -0.25) is 5.32 Å². The van der Waals surface area contributed by atoms with Gasteiger partial charge in [-0.1, -0.05) is 23.5 Å². The molecule has 0 fully saturated rings. The van der Waals surface area contributed by atoms with Crippen LogP contribution in [0.25, 0.3) is 0 Å². The van der Waals surface area contributed by atoms with Gasteiger partial charge < -0.3 is 10.4 Å². The van der Waals surface area contributed by atoms with Crippen molar-refractivity contribution < 1.29 is 23.1 Å². The van der Waals surface area contributed by atoms with E-state index < -0.39 is 23.9 Å². The lowest BCUT2D eigenvalue weighted by Crippen LogP contribution is -2.32. The van der Waals surface area contributed by atoms with Crippen LogP contribution in [0.2, 0.25) is 0 Å². The SMILES string of the molecule is O=C(NCC(O)c1cccc(C(F)(F)F)c1)Nc1nncs1. The molecule has 2 rings (SSSR count). The molecule has 6 nitrogen and oxygen atoms in total. The Morgan fingerprint density at radius 3 is 2.82 bits per heavy atom. The molecule has 1 unspecified atom stereocenters. The maximum atomic E-state index is 12.6. The molecule has 1 atom stereocenters. The topological polar surface area (TPSA) is 87.1 Å². The minimum absolute atomic E-state index is 0.0611. The molecule has 22 heavy (non-hydrogen) atoms. The largest absolute Gasteiger partial charge is 0.416 e. The van der Waals surface area contributed by atoms with Crippen LogP contribution in [0, 0.1) is 0 Å². The molecule has 0 aliphatic heterocycles. The summed E-state index contributed by atoms with van der Waals surface area (Å²) in [7, 11) is 0. The molecular weight excluding hydrogens is 321 g/mol. The van der Waals surface area contributed by atoms with Gasteiger partial charge >= 0.3 is 12.2 Å². The van der Waals surface area contributed by atoms with E-state index in [0.717, 1.165) is 23.5 Å². The molecule has 0 aliphatic carbocycles. The minimum Gasteiger partial charge on any atom is -0.387 e. The molecule has 3 N–H and O–H groups in total. The number of carbonyl (C=O) groups excluding carboxylic acids is 1.